The van der Waals surface area contributed by atoms with Gasteiger partial charge in [-0.15, -0.1) is 0 Å². The molecule has 3 atom stereocenters. The van der Waals surface area contributed by atoms with Crippen LogP contribution < -0.4 is 15.7 Å². The molecule has 11 heteroatoms. The fourth-order valence-corrected chi connectivity index (χ4v) is 7.26. The number of nitrogens with one attached hydrogen (secondary N) is 1. The third kappa shape index (κ3) is 5.90. The van der Waals surface area contributed by atoms with Crippen LogP contribution in [0.1, 0.15) is 50.1 Å². The zero-order valence-corrected chi connectivity index (χ0v) is 28.6. The Kier molecular flexibility index (Phi) is 8.64. The fourth-order valence-electron chi connectivity index (χ4n) is 5.92. The highest BCUT2D eigenvalue weighted by Gasteiger charge is 2.45. The molecule has 0 unspecified atom stereocenters. The largest absolute Gasteiger partial charge is 0.497 e. The van der Waals surface area contributed by atoms with Crippen molar-refractivity contribution in [3.63, 3.8) is 0 Å². The van der Waals surface area contributed by atoms with Crippen LogP contribution in [0.4, 0.5) is 0 Å². The van der Waals surface area contributed by atoms with E-state index in [9.17, 15) is 9.59 Å². The predicted molar refractivity (Wildman–Crippen MR) is 184 cm³/mol. The van der Waals surface area contributed by atoms with Crippen LogP contribution in [0.2, 0.25) is 18.1 Å². The first-order valence-corrected chi connectivity index (χ1v) is 18.7. The van der Waals surface area contributed by atoms with Gasteiger partial charge in [0.05, 0.1) is 19.5 Å². The molecule has 47 heavy (non-hydrogen) atoms. The molecule has 244 valence electrons. The summed E-state index contributed by atoms with van der Waals surface area (Å²) in [5.74, 6) is 0.720. The molecule has 0 saturated carbocycles. The Labute approximate surface area is 275 Å². The molecule has 0 amide bonds. The number of carbonyl (C=O) groups is 1. The van der Waals surface area contributed by atoms with Crippen molar-refractivity contribution in [3.05, 3.63) is 125 Å². The van der Waals surface area contributed by atoms with Crippen LogP contribution in [0.15, 0.2) is 102 Å². The van der Waals surface area contributed by atoms with E-state index in [1.807, 2.05) is 84.9 Å². The maximum atomic E-state index is 14.2. The number of ether oxygens (including phenoxy) is 2. The summed E-state index contributed by atoms with van der Waals surface area (Å²) in [6, 6.07) is 27.7. The number of hydrogen-bond donors (Lipinski definition) is 1. The van der Waals surface area contributed by atoms with Crippen molar-refractivity contribution in [2.45, 2.75) is 69.3 Å². The van der Waals surface area contributed by atoms with E-state index in [-0.39, 0.29) is 16.1 Å². The summed E-state index contributed by atoms with van der Waals surface area (Å²) in [5, 5.41) is -0.0274. The van der Waals surface area contributed by atoms with E-state index >= 15 is 0 Å². The lowest BCUT2D eigenvalue weighted by atomic mass is 9.77. The molecule has 1 aliphatic rings. The number of fused-ring (bicyclic) bond motifs is 1. The minimum Gasteiger partial charge on any atom is -0.497 e. The lowest BCUT2D eigenvalue weighted by Crippen LogP contribution is -2.46. The highest BCUT2D eigenvalue weighted by atomic mass is 28.4. The minimum absolute atomic E-state index is 0.0274. The van der Waals surface area contributed by atoms with E-state index in [2.05, 4.69) is 44.3 Å². The Morgan fingerprint density at radius 2 is 1.49 bits per heavy atom. The molecule has 2 aromatic heterocycles. The van der Waals surface area contributed by atoms with Gasteiger partial charge in [-0.2, -0.15) is 0 Å². The topological polar surface area (TPSA) is 110 Å². The van der Waals surface area contributed by atoms with Gasteiger partial charge >= 0.3 is 0 Å². The van der Waals surface area contributed by atoms with Crippen LogP contribution in [0.3, 0.4) is 0 Å². The second kappa shape index (κ2) is 12.6. The summed E-state index contributed by atoms with van der Waals surface area (Å²) < 4.78 is 21.3. The Morgan fingerprint density at radius 3 is 2.04 bits per heavy atom. The first-order chi connectivity index (χ1) is 22.5. The van der Waals surface area contributed by atoms with Gasteiger partial charge in [0.2, 0.25) is 0 Å². The number of hydrogen-bond acceptors (Lipinski definition) is 8. The van der Waals surface area contributed by atoms with Crippen LogP contribution in [0.25, 0.3) is 11.2 Å². The van der Waals surface area contributed by atoms with E-state index in [1.165, 1.54) is 11.0 Å². The maximum absolute atomic E-state index is 14.2. The monoisotopic (exact) mass is 651 g/mol. The fraction of sp³-hybridized carbons (Fsp3) is 0.333. The predicted octanol–water partition coefficient (Wildman–Crippen LogP) is 6.01. The minimum atomic E-state index is -2.17. The number of benzene rings is 3. The molecule has 0 bridgehead atoms. The lowest BCUT2D eigenvalue weighted by molar-refractivity contribution is -0.122. The molecular formula is C36H41N5O5Si. The average molecular weight is 652 g/mol. The summed E-state index contributed by atoms with van der Waals surface area (Å²) in [7, 11) is -0.542. The smallest absolute Gasteiger partial charge is 0.300 e. The summed E-state index contributed by atoms with van der Waals surface area (Å²) in [6.07, 6.45) is 2.57. The SMILES string of the molecule is COc1ccc(C(Nn2cnc3c(ncn3[C@H]3C[C@H](O[Si](C)(C)C(C)(C)C)[C@@H](C=O)O3)c2=O)(c2ccccc2)c2ccccc2)cc1. The number of nitrogens with zero attached hydrogens (tertiary/aromatic N) is 4. The van der Waals surface area contributed by atoms with E-state index in [0.29, 0.717) is 12.1 Å². The molecule has 0 spiro atoms. The van der Waals surface area contributed by atoms with Gasteiger partial charge in [-0.05, 0) is 47.0 Å². The number of aldehydes is 1. The number of carbonyl (C=O) groups excluding carboxylic acids is 1. The first-order valence-electron chi connectivity index (χ1n) is 15.7. The van der Waals surface area contributed by atoms with Gasteiger partial charge in [0.1, 0.15) is 29.9 Å². The van der Waals surface area contributed by atoms with Gasteiger partial charge in [0.25, 0.3) is 5.56 Å². The number of aromatic nitrogens is 4. The van der Waals surface area contributed by atoms with Crippen LogP contribution in [0, 0.1) is 0 Å². The van der Waals surface area contributed by atoms with E-state index in [0.717, 1.165) is 28.7 Å². The highest BCUT2D eigenvalue weighted by Crippen LogP contribution is 2.41. The van der Waals surface area contributed by atoms with Crippen LogP contribution in [-0.4, -0.2) is 53.1 Å². The summed E-state index contributed by atoms with van der Waals surface area (Å²) in [6.45, 7) is 10.8. The van der Waals surface area contributed by atoms with Gasteiger partial charge in [0, 0.05) is 6.42 Å². The molecule has 3 aromatic carbocycles. The number of methoxy groups -OCH3 is 1. The summed E-state index contributed by atoms with van der Waals surface area (Å²) in [5.41, 5.74) is 5.43. The standard InChI is InChI=1S/C36H41N5O5Si/c1-35(2,3)47(5,6)46-29-21-31(45-30(29)22-42)40-23-37-32-33(40)38-24-41(34(32)43)39-36(25-13-9-7-10-14-25,26-15-11-8-12-16-26)27-17-19-28(44-4)20-18-27/h7-20,22-24,29-31,39H,21H2,1-6H3/t29-,30+,31+/m0/s1. The van der Waals surface area contributed by atoms with Crippen molar-refractivity contribution in [3.8, 4) is 5.75 Å². The lowest BCUT2D eigenvalue weighted by Gasteiger charge is -2.38. The highest BCUT2D eigenvalue weighted by molar-refractivity contribution is 6.74. The molecule has 1 saturated heterocycles. The summed E-state index contributed by atoms with van der Waals surface area (Å²) >= 11 is 0. The quantitative estimate of drug-likeness (QED) is 0.111. The first kappa shape index (κ1) is 32.4. The maximum Gasteiger partial charge on any atom is 0.300 e. The van der Waals surface area contributed by atoms with E-state index < -0.39 is 32.3 Å². The second-order valence-electron chi connectivity index (χ2n) is 13.4. The van der Waals surface area contributed by atoms with Gasteiger partial charge in [-0.1, -0.05) is 93.6 Å². The normalized spacial score (nSPS) is 18.7. The van der Waals surface area contributed by atoms with Gasteiger partial charge < -0.3 is 24.1 Å². The second-order valence-corrected chi connectivity index (χ2v) is 18.2. The molecule has 3 heterocycles. The molecule has 1 fully saturated rings. The van der Waals surface area contributed by atoms with Crippen molar-refractivity contribution in [1.82, 2.24) is 19.2 Å². The average Bonchev–Trinajstić information content (AvgIpc) is 3.69. The number of imidazole rings is 1. The van der Waals surface area contributed by atoms with Crippen molar-refractivity contribution in [2.75, 3.05) is 12.5 Å². The third-order valence-electron chi connectivity index (χ3n) is 9.52. The van der Waals surface area contributed by atoms with Crippen molar-refractivity contribution in [2.24, 2.45) is 0 Å². The Hall–Kier alpha value is -4.58. The van der Waals surface area contributed by atoms with Crippen molar-refractivity contribution < 1.29 is 18.7 Å². The Bertz CT molecular complexity index is 1860. The third-order valence-corrected chi connectivity index (χ3v) is 14.0. The molecule has 1 N–H and O–H groups in total. The Morgan fingerprint density at radius 1 is 0.894 bits per heavy atom. The molecule has 10 nitrogen and oxygen atoms in total. The molecule has 1 aliphatic heterocycles. The van der Waals surface area contributed by atoms with Crippen molar-refractivity contribution >= 4 is 25.8 Å². The summed E-state index contributed by atoms with van der Waals surface area (Å²) in [4.78, 5) is 35.4. The van der Waals surface area contributed by atoms with E-state index in [1.54, 1.807) is 18.0 Å². The van der Waals surface area contributed by atoms with Gasteiger partial charge in [-0.3, -0.25) is 9.36 Å². The molecule has 6 rings (SSSR count). The Balaban J connectivity index is 1.41. The molecular weight excluding hydrogens is 611 g/mol. The van der Waals surface area contributed by atoms with Gasteiger partial charge in [-0.25, -0.2) is 14.6 Å². The van der Waals surface area contributed by atoms with Crippen LogP contribution in [0.5, 0.6) is 5.75 Å². The zero-order chi connectivity index (χ0) is 33.4. The zero-order valence-electron chi connectivity index (χ0n) is 27.6. The molecule has 0 radical (unpaired) electrons. The number of rotatable bonds is 10. The van der Waals surface area contributed by atoms with Crippen LogP contribution in [-0.2, 0) is 19.5 Å². The van der Waals surface area contributed by atoms with Crippen LogP contribution >= 0.6 is 0 Å². The van der Waals surface area contributed by atoms with Crippen molar-refractivity contribution in [1.29, 1.82) is 0 Å². The molecule has 0 aliphatic carbocycles. The van der Waals surface area contributed by atoms with E-state index in [4.69, 9.17) is 18.9 Å². The molecule has 5 aromatic rings. The van der Waals surface area contributed by atoms with Gasteiger partial charge in [0.15, 0.2) is 25.8 Å².